The molecule has 0 saturated carbocycles. The van der Waals surface area contributed by atoms with Gasteiger partial charge in [0.25, 0.3) is 0 Å². The van der Waals surface area contributed by atoms with Crippen molar-refractivity contribution in [2.75, 3.05) is 19.5 Å². The Morgan fingerprint density at radius 1 is 1.17 bits per heavy atom. The van der Waals surface area contributed by atoms with Crippen molar-refractivity contribution in [2.45, 2.75) is 40.7 Å². The van der Waals surface area contributed by atoms with E-state index in [1.54, 1.807) is 6.92 Å². The van der Waals surface area contributed by atoms with Crippen molar-refractivity contribution in [1.29, 1.82) is 0 Å². The SMILES string of the molecule is COC(=O)c1sc(NC(=S)NC(C)C(C)(C)C)c(C(=O)OC)c1C. The van der Waals surface area contributed by atoms with Gasteiger partial charge in [0.15, 0.2) is 5.11 Å². The van der Waals surface area contributed by atoms with Gasteiger partial charge in [0.1, 0.15) is 9.88 Å². The van der Waals surface area contributed by atoms with Crippen molar-refractivity contribution in [3.63, 3.8) is 0 Å². The Kier molecular flexibility index (Phi) is 6.74. The molecule has 0 aliphatic rings. The standard InChI is InChI=1S/C16H24N2O4S2/c1-8-10(13(19)21-6)12(24-11(8)14(20)22-7)18-15(23)17-9(2)16(3,4)5/h9H,1-7H3,(H2,17,18,23). The lowest BCUT2D eigenvalue weighted by Crippen LogP contribution is -2.43. The lowest BCUT2D eigenvalue weighted by molar-refractivity contribution is 0.0601. The average Bonchev–Trinajstić information content (AvgIpc) is 2.81. The van der Waals surface area contributed by atoms with Gasteiger partial charge in [-0.3, -0.25) is 0 Å². The highest BCUT2D eigenvalue weighted by Gasteiger charge is 2.27. The van der Waals surface area contributed by atoms with Crippen LogP contribution in [0.2, 0.25) is 0 Å². The monoisotopic (exact) mass is 372 g/mol. The highest BCUT2D eigenvalue weighted by molar-refractivity contribution is 7.80. The van der Waals surface area contributed by atoms with Crippen LogP contribution in [0.1, 0.15) is 53.3 Å². The number of anilines is 1. The molecule has 2 N–H and O–H groups in total. The number of thiocarbonyl (C=S) groups is 1. The van der Waals surface area contributed by atoms with Crippen LogP contribution in [0, 0.1) is 12.3 Å². The van der Waals surface area contributed by atoms with E-state index in [9.17, 15) is 9.59 Å². The van der Waals surface area contributed by atoms with Crippen LogP contribution in [0.3, 0.4) is 0 Å². The van der Waals surface area contributed by atoms with Gasteiger partial charge < -0.3 is 20.1 Å². The highest BCUT2D eigenvalue weighted by Crippen LogP contribution is 2.34. The lowest BCUT2D eigenvalue weighted by Gasteiger charge is -2.29. The minimum Gasteiger partial charge on any atom is -0.465 e. The number of hydrogen-bond acceptors (Lipinski definition) is 6. The number of rotatable bonds is 4. The van der Waals surface area contributed by atoms with Gasteiger partial charge in [0.05, 0.1) is 19.8 Å². The molecule has 134 valence electrons. The lowest BCUT2D eigenvalue weighted by atomic mass is 9.88. The number of nitrogens with one attached hydrogen (secondary N) is 2. The number of carbonyl (C=O) groups is 2. The molecule has 1 atom stereocenters. The largest absolute Gasteiger partial charge is 0.465 e. The van der Waals surface area contributed by atoms with E-state index in [2.05, 4.69) is 31.4 Å². The Bertz CT molecular complexity index is 647. The van der Waals surface area contributed by atoms with Crippen LogP contribution < -0.4 is 10.6 Å². The maximum Gasteiger partial charge on any atom is 0.348 e. The fourth-order valence-corrected chi connectivity index (χ4v) is 3.25. The van der Waals surface area contributed by atoms with Crippen molar-refractivity contribution in [3.05, 3.63) is 16.0 Å². The molecular weight excluding hydrogens is 348 g/mol. The summed E-state index contributed by atoms with van der Waals surface area (Å²) < 4.78 is 9.57. The molecule has 0 fully saturated rings. The molecule has 0 radical (unpaired) electrons. The van der Waals surface area contributed by atoms with Crippen LogP contribution in [0.5, 0.6) is 0 Å². The first-order valence-electron chi connectivity index (χ1n) is 7.40. The molecular formula is C16H24N2O4S2. The van der Waals surface area contributed by atoms with E-state index < -0.39 is 11.9 Å². The molecule has 1 heterocycles. The van der Waals surface area contributed by atoms with Crippen LogP contribution in [0.15, 0.2) is 0 Å². The molecule has 6 nitrogen and oxygen atoms in total. The smallest absolute Gasteiger partial charge is 0.348 e. The number of hydrogen-bond donors (Lipinski definition) is 2. The first-order valence-corrected chi connectivity index (χ1v) is 8.62. The van der Waals surface area contributed by atoms with Crippen molar-refractivity contribution in [2.24, 2.45) is 5.41 Å². The third-order valence-corrected chi connectivity index (χ3v) is 5.19. The third-order valence-electron chi connectivity index (χ3n) is 3.78. The topological polar surface area (TPSA) is 76.7 Å². The second-order valence-electron chi connectivity index (χ2n) is 6.43. The van der Waals surface area contributed by atoms with Gasteiger partial charge in [-0.25, -0.2) is 9.59 Å². The van der Waals surface area contributed by atoms with E-state index in [1.165, 1.54) is 14.2 Å². The number of methoxy groups -OCH3 is 2. The van der Waals surface area contributed by atoms with Crippen LogP contribution in [0.25, 0.3) is 0 Å². The summed E-state index contributed by atoms with van der Waals surface area (Å²) in [5, 5.41) is 7.01. The fraction of sp³-hybridized carbons (Fsp3) is 0.562. The number of esters is 2. The average molecular weight is 373 g/mol. The van der Waals surface area contributed by atoms with E-state index in [0.717, 1.165) is 11.3 Å². The summed E-state index contributed by atoms with van der Waals surface area (Å²) in [5.74, 6) is -1.04. The summed E-state index contributed by atoms with van der Waals surface area (Å²) in [6.07, 6.45) is 0. The molecule has 0 amide bonds. The molecule has 1 rings (SSSR count). The maximum absolute atomic E-state index is 12.1. The van der Waals surface area contributed by atoms with Crippen LogP contribution >= 0.6 is 23.6 Å². The number of ether oxygens (including phenoxy) is 2. The van der Waals surface area contributed by atoms with E-state index in [0.29, 0.717) is 20.6 Å². The molecule has 0 aromatic carbocycles. The first-order chi connectivity index (χ1) is 11.0. The quantitative estimate of drug-likeness (QED) is 0.620. The predicted molar refractivity (Wildman–Crippen MR) is 100 cm³/mol. The summed E-state index contributed by atoms with van der Waals surface area (Å²) in [7, 11) is 2.59. The summed E-state index contributed by atoms with van der Waals surface area (Å²) in [4.78, 5) is 24.3. The Balaban J connectivity index is 3.12. The van der Waals surface area contributed by atoms with Gasteiger partial charge in [-0.2, -0.15) is 0 Å². The molecule has 8 heteroatoms. The molecule has 0 spiro atoms. The van der Waals surface area contributed by atoms with Crippen LogP contribution in [-0.4, -0.2) is 37.3 Å². The number of carbonyl (C=O) groups excluding carboxylic acids is 2. The summed E-state index contributed by atoms with van der Waals surface area (Å²) in [5.41, 5.74) is 0.808. The van der Waals surface area contributed by atoms with Crippen LogP contribution in [-0.2, 0) is 9.47 Å². The molecule has 0 bridgehead atoms. The molecule has 24 heavy (non-hydrogen) atoms. The van der Waals surface area contributed by atoms with Crippen molar-refractivity contribution >= 4 is 45.6 Å². The van der Waals surface area contributed by atoms with Crippen molar-refractivity contribution < 1.29 is 19.1 Å². The normalized spacial score (nSPS) is 12.3. The second kappa shape index (κ2) is 7.94. The Morgan fingerprint density at radius 2 is 1.71 bits per heavy atom. The summed E-state index contributed by atoms with van der Waals surface area (Å²) >= 11 is 6.44. The molecule has 0 saturated heterocycles. The van der Waals surface area contributed by atoms with Crippen LogP contribution in [0.4, 0.5) is 5.00 Å². The Morgan fingerprint density at radius 3 is 2.17 bits per heavy atom. The molecule has 0 aliphatic carbocycles. The minimum atomic E-state index is -0.534. The molecule has 1 aromatic rings. The van der Waals surface area contributed by atoms with Gasteiger partial charge in [-0.1, -0.05) is 20.8 Å². The molecule has 0 aliphatic heterocycles. The summed E-state index contributed by atoms with van der Waals surface area (Å²) in [6.45, 7) is 9.98. The number of thiophene rings is 1. The van der Waals surface area contributed by atoms with E-state index in [-0.39, 0.29) is 17.0 Å². The zero-order valence-corrected chi connectivity index (χ0v) is 16.7. The van der Waals surface area contributed by atoms with Gasteiger partial charge >= 0.3 is 11.9 Å². The van der Waals surface area contributed by atoms with Gasteiger partial charge in [0, 0.05) is 6.04 Å². The zero-order chi connectivity index (χ0) is 18.7. The Labute approximate surface area is 151 Å². The first kappa shape index (κ1) is 20.4. The minimum absolute atomic E-state index is 0.0134. The molecule has 1 aromatic heterocycles. The van der Waals surface area contributed by atoms with E-state index in [1.807, 2.05) is 6.92 Å². The third kappa shape index (κ3) is 4.67. The van der Waals surface area contributed by atoms with E-state index in [4.69, 9.17) is 21.7 Å². The van der Waals surface area contributed by atoms with E-state index >= 15 is 0 Å². The fourth-order valence-electron chi connectivity index (χ4n) is 1.79. The van der Waals surface area contributed by atoms with Gasteiger partial charge in [-0.05, 0) is 37.0 Å². The zero-order valence-electron chi connectivity index (χ0n) is 15.0. The van der Waals surface area contributed by atoms with Crippen molar-refractivity contribution in [3.8, 4) is 0 Å². The van der Waals surface area contributed by atoms with Gasteiger partial charge in [0.2, 0.25) is 0 Å². The Hall–Kier alpha value is -1.67. The second-order valence-corrected chi connectivity index (χ2v) is 7.86. The highest BCUT2D eigenvalue weighted by atomic mass is 32.1. The summed E-state index contributed by atoms with van der Waals surface area (Å²) in [6, 6.07) is 0.111. The predicted octanol–water partition coefficient (Wildman–Crippen LogP) is 3.35. The maximum atomic E-state index is 12.1. The van der Waals surface area contributed by atoms with Crippen molar-refractivity contribution in [1.82, 2.24) is 5.32 Å². The molecule has 1 unspecified atom stereocenters. The van der Waals surface area contributed by atoms with Gasteiger partial charge in [-0.15, -0.1) is 11.3 Å².